The lowest BCUT2D eigenvalue weighted by Crippen LogP contribution is -2.50. The molecule has 1 aliphatic heterocycles. The van der Waals surface area contributed by atoms with Gasteiger partial charge in [-0.1, -0.05) is 13.8 Å². The van der Waals surface area contributed by atoms with Crippen LogP contribution in [-0.2, 0) is 14.4 Å². The molecule has 0 aromatic heterocycles. The number of likely N-dealkylation sites (tertiary alicyclic amines) is 1. The molecule has 0 bridgehead atoms. The van der Waals surface area contributed by atoms with Crippen LogP contribution in [0.1, 0.15) is 40.5 Å². The van der Waals surface area contributed by atoms with Crippen molar-refractivity contribution in [2.45, 2.75) is 46.1 Å². The third kappa shape index (κ3) is 2.65. The predicted octanol–water partition coefficient (Wildman–Crippen LogP) is 0.671. The Labute approximate surface area is 101 Å². The summed E-state index contributed by atoms with van der Waals surface area (Å²) in [6.45, 7) is 7.22. The Hall–Kier alpha value is -1.39. The second-order valence-electron chi connectivity index (χ2n) is 5.58. The van der Waals surface area contributed by atoms with Crippen LogP contribution in [0.4, 0.5) is 0 Å². The first-order valence-electron chi connectivity index (χ1n) is 5.82. The molecular weight excluding hydrogens is 220 g/mol. The van der Waals surface area contributed by atoms with E-state index in [1.54, 1.807) is 13.8 Å². The highest BCUT2D eigenvalue weighted by Crippen LogP contribution is 2.32. The largest absolute Gasteiger partial charge is 0.370 e. The van der Waals surface area contributed by atoms with Gasteiger partial charge in [-0.05, 0) is 19.8 Å². The minimum atomic E-state index is -0.830. The first-order chi connectivity index (χ1) is 7.66. The summed E-state index contributed by atoms with van der Waals surface area (Å²) in [5, 5.41) is 0. The Morgan fingerprint density at radius 2 is 2.00 bits per heavy atom. The van der Waals surface area contributed by atoms with Crippen molar-refractivity contribution in [3.63, 3.8) is 0 Å². The molecule has 1 aliphatic rings. The van der Waals surface area contributed by atoms with E-state index in [4.69, 9.17) is 5.73 Å². The molecule has 0 spiro atoms. The molecule has 0 aromatic rings. The number of imide groups is 1. The van der Waals surface area contributed by atoms with Crippen molar-refractivity contribution in [3.05, 3.63) is 0 Å². The van der Waals surface area contributed by atoms with Gasteiger partial charge in [0, 0.05) is 18.8 Å². The Kier molecular flexibility index (Phi) is 3.59. The number of nitrogens with two attached hydrogens (primary N) is 1. The molecule has 0 radical (unpaired) electrons. The summed E-state index contributed by atoms with van der Waals surface area (Å²) >= 11 is 0. The highest BCUT2D eigenvalue weighted by atomic mass is 16.2. The molecule has 5 heteroatoms. The zero-order valence-electron chi connectivity index (χ0n) is 10.8. The topological polar surface area (TPSA) is 80.5 Å². The van der Waals surface area contributed by atoms with E-state index >= 15 is 0 Å². The van der Waals surface area contributed by atoms with Crippen LogP contribution in [0.5, 0.6) is 0 Å². The van der Waals surface area contributed by atoms with Crippen molar-refractivity contribution < 1.29 is 14.4 Å². The van der Waals surface area contributed by atoms with Crippen LogP contribution >= 0.6 is 0 Å². The van der Waals surface area contributed by atoms with Gasteiger partial charge in [-0.3, -0.25) is 19.3 Å². The molecule has 1 fully saturated rings. The molecule has 5 nitrogen and oxygen atoms in total. The van der Waals surface area contributed by atoms with Crippen LogP contribution in [0.2, 0.25) is 0 Å². The minimum absolute atomic E-state index is 0.00467. The van der Waals surface area contributed by atoms with Crippen LogP contribution in [-0.4, -0.2) is 28.2 Å². The molecule has 2 N–H and O–H groups in total. The average Bonchev–Trinajstić information content (AvgIpc) is 2.39. The fourth-order valence-corrected chi connectivity index (χ4v) is 2.32. The van der Waals surface area contributed by atoms with Crippen molar-refractivity contribution in [2.75, 3.05) is 0 Å². The molecule has 1 heterocycles. The van der Waals surface area contributed by atoms with Gasteiger partial charge in [0.2, 0.25) is 17.7 Å². The smallest absolute Gasteiger partial charge is 0.233 e. The van der Waals surface area contributed by atoms with E-state index in [1.807, 2.05) is 13.8 Å². The lowest BCUT2D eigenvalue weighted by atomic mass is 9.93. The number of carbonyl (C=O) groups excluding carboxylic acids is 3. The van der Waals surface area contributed by atoms with Crippen molar-refractivity contribution in [3.8, 4) is 0 Å². The zero-order valence-corrected chi connectivity index (χ0v) is 10.8. The van der Waals surface area contributed by atoms with Gasteiger partial charge in [0.25, 0.3) is 0 Å². The minimum Gasteiger partial charge on any atom is -0.370 e. The van der Waals surface area contributed by atoms with Gasteiger partial charge in [0.1, 0.15) is 0 Å². The van der Waals surface area contributed by atoms with Crippen molar-refractivity contribution in [2.24, 2.45) is 17.6 Å². The number of rotatable bonds is 4. The maximum absolute atomic E-state index is 12.1. The fourth-order valence-electron chi connectivity index (χ4n) is 2.32. The Bertz CT molecular complexity index is 361. The van der Waals surface area contributed by atoms with Gasteiger partial charge in [-0.25, -0.2) is 0 Å². The third-order valence-electron chi connectivity index (χ3n) is 3.20. The zero-order chi connectivity index (χ0) is 13.4. The van der Waals surface area contributed by atoms with E-state index in [2.05, 4.69) is 0 Å². The number of hydrogen-bond donors (Lipinski definition) is 1. The van der Waals surface area contributed by atoms with Crippen LogP contribution in [0.3, 0.4) is 0 Å². The molecular formula is C12H20N2O3. The van der Waals surface area contributed by atoms with Crippen LogP contribution in [0.15, 0.2) is 0 Å². The van der Waals surface area contributed by atoms with Gasteiger partial charge in [-0.2, -0.15) is 0 Å². The molecule has 1 unspecified atom stereocenters. The maximum atomic E-state index is 12.1. The summed E-state index contributed by atoms with van der Waals surface area (Å²) in [6, 6.07) is 0. The van der Waals surface area contributed by atoms with E-state index in [0.717, 1.165) is 0 Å². The Morgan fingerprint density at radius 1 is 1.47 bits per heavy atom. The number of hydrogen-bond acceptors (Lipinski definition) is 3. The van der Waals surface area contributed by atoms with E-state index in [0.29, 0.717) is 0 Å². The number of primary amides is 1. The first kappa shape index (κ1) is 13.7. The molecule has 3 amide bonds. The molecule has 0 aliphatic carbocycles. The van der Waals surface area contributed by atoms with Gasteiger partial charge < -0.3 is 5.73 Å². The second-order valence-corrected chi connectivity index (χ2v) is 5.58. The maximum Gasteiger partial charge on any atom is 0.233 e. The fraction of sp³-hybridized carbons (Fsp3) is 0.750. The van der Waals surface area contributed by atoms with Crippen molar-refractivity contribution in [1.29, 1.82) is 0 Å². The second kappa shape index (κ2) is 4.47. The number of nitrogens with zero attached hydrogens (tertiary/aromatic N) is 1. The highest BCUT2D eigenvalue weighted by Gasteiger charge is 2.47. The summed E-state index contributed by atoms with van der Waals surface area (Å²) in [5.74, 6) is -1.05. The van der Waals surface area contributed by atoms with Crippen molar-refractivity contribution >= 4 is 17.7 Å². The SMILES string of the molecule is CC(C)C1CC(=O)N(C(C)(C)CC(N)=O)C1=O. The van der Waals surface area contributed by atoms with E-state index in [1.165, 1.54) is 4.90 Å². The van der Waals surface area contributed by atoms with E-state index < -0.39 is 11.4 Å². The molecule has 1 rings (SSSR count). The summed E-state index contributed by atoms with van der Waals surface area (Å²) in [7, 11) is 0. The Balaban J connectivity index is 2.95. The summed E-state index contributed by atoms with van der Waals surface area (Å²) in [6.07, 6.45) is 0.230. The quantitative estimate of drug-likeness (QED) is 0.733. The molecule has 0 saturated carbocycles. The molecule has 0 aromatic carbocycles. The van der Waals surface area contributed by atoms with Gasteiger partial charge in [-0.15, -0.1) is 0 Å². The predicted molar refractivity (Wildman–Crippen MR) is 62.7 cm³/mol. The van der Waals surface area contributed by atoms with Gasteiger partial charge >= 0.3 is 0 Å². The first-order valence-corrected chi connectivity index (χ1v) is 5.82. The Morgan fingerprint density at radius 3 is 2.35 bits per heavy atom. The average molecular weight is 240 g/mol. The standard InChI is InChI=1S/C12H20N2O3/c1-7(2)8-5-10(16)14(11(8)17)12(3,4)6-9(13)15/h7-8H,5-6H2,1-4H3,(H2,13,15). The molecule has 1 saturated heterocycles. The molecule has 96 valence electrons. The molecule has 17 heavy (non-hydrogen) atoms. The van der Waals surface area contributed by atoms with Crippen LogP contribution in [0, 0.1) is 11.8 Å². The summed E-state index contributed by atoms with van der Waals surface area (Å²) < 4.78 is 0. The number of carbonyl (C=O) groups is 3. The van der Waals surface area contributed by atoms with Gasteiger partial charge in [0.05, 0.1) is 5.54 Å². The van der Waals surface area contributed by atoms with Crippen LogP contribution in [0.25, 0.3) is 0 Å². The van der Waals surface area contributed by atoms with Crippen molar-refractivity contribution in [1.82, 2.24) is 4.90 Å². The van der Waals surface area contributed by atoms with E-state index in [-0.39, 0.29) is 36.5 Å². The number of amides is 3. The summed E-state index contributed by atoms with van der Waals surface area (Å²) in [5.41, 5.74) is 4.31. The van der Waals surface area contributed by atoms with E-state index in [9.17, 15) is 14.4 Å². The molecule has 1 atom stereocenters. The highest BCUT2D eigenvalue weighted by molar-refractivity contribution is 6.04. The summed E-state index contributed by atoms with van der Waals surface area (Å²) in [4.78, 5) is 36.2. The van der Waals surface area contributed by atoms with Gasteiger partial charge in [0.15, 0.2) is 0 Å². The monoisotopic (exact) mass is 240 g/mol. The van der Waals surface area contributed by atoms with Crippen LogP contribution < -0.4 is 5.73 Å². The lowest BCUT2D eigenvalue weighted by Gasteiger charge is -2.33. The normalized spacial score (nSPS) is 21.5. The lowest BCUT2D eigenvalue weighted by molar-refractivity contribution is -0.146. The third-order valence-corrected chi connectivity index (χ3v) is 3.20.